The highest BCUT2D eigenvalue weighted by molar-refractivity contribution is 5.84. The number of unbranched alkanes of at least 4 members (excludes halogenated alkanes) is 2. The molecule has 0 heterocycles. The third-order valence-corrected chi connectivity index (χ3v) is 6.48. The van der Waals surface area contributed by atoms with Gasteiger partial charge >= 0.3 is 12.1 Å². The van der Waals surface area contributed by atoms with Gasteiger partial charge in [-0.05, 0) is 35.1 Å². The number of carboxylic acid groups (broad SMARTS) is 1. The quantitative estimate of drug-likeness (QED) is 0.364. The summed E-state index contributed by atoms with van der Waals surface area (Å²) in [7, 11) is 0. The molecule has 3 rings (SSSR count). The second kappa shape index (κ2) is 12.9. The maximum absolute atomic E-state index is 12.7. The molecule has 2 aromatic carbocycles. The van der Waals surface area contributed by atoms with Crippen molar-refractivity contribution in [1.29, 1.82) is 0 Å². The summed E-state index contributed by atoms with van der Waals surface area (Å²) in [5.74, 6) is -1.46. The fourth-order valence-corrected chi connectivity index (χ4v) is 4.63. The number of hydrogen-bond acceptors (Lipinski definition) is 4. The third kappa shape index (κ3) is 7.07. The number of aliphatic carboxylic acids is 1. The van der Waals surface area contributed by atoms with E-state index in [1.54, 1.807) is 0 Å². The van der Waals surface area contributed by atoms with Gasteiger partial charge in [0.05, 0.1) is 0 Å². The van der Waals surface area contributed by atoms with Crippen LogP contribution in [0.4, 0.5) is 4.79 Å². The largest absolute Gasteiger partial charge is 0.480 e. The molecule has 7 nitrogen and oxygen atoms in total. The number of fused-ring (bicyclic) bond motifs is 3. The van der Waals surface area contributed by atoms with Gasteiger partial charge in [0.15, 0.2) is 0 Å². The first kappa shape index (κ1) is 26.3. The molecule has 35 heavy (non-hydrogen) atoms. The lowest BCUT2D eigenvalue weighted by atomic mass is 9.98. The smallest absolute Gasteiger partial charge is 0.407 e. The molecule has 7 heteroatoms. The summed E-state index contributed by atoms with van der Waals surface area (Å²) in [4.78, 5) is 36.7. The third-order valence-electron chi connectivity index (χ3n) is 6.48. The predicted molar refractivity (Wildman–Crippen MR) is 135 cm³/mol. The Morgan fingerprint density at radius 2 is 1.46 bits per heavy atom. The molecule has 3 N–H and O–H groups in total. The minimum Gasteiger partial charge on any atom is -0.480 e. The first-order chi connectivity index (χ1) is 16.9. The van der Waals surface area contributed by atoms with Crippen LogP contribution in [0, 0.1) is 0 Å². The molecule has 0 bridgehead atoms. The van der Waals surface area contributed by atoms with Crippen LogP contribution in [-0.2, 0) is 14.3 Å². The summed E-state index contributed by atoms with van der Waals surface area (Å²) in [6.45, 7) is 4.21. The number of nitrogens with one attached hydrogen (secondary N) is 2. The fourth-order valence-electron chi connectivity index (χ4n) is 4.63. The zero-order valence-corrected chi connectivity index (χ0v) is 20.6. The minimum absolute atomic E-state index is 0.0140. The van der Waals surface area contributed by atoms with Crippen molar-refractivity contribution < 1.29 is 24.2 Å². The Kier molecular flexibility index (Phi) is 9.70. The number of rotatable bonds is 13. The average molecular weight is 481 g/mol. The van der Waals surface area contributed by atoms with E-state index in [0.29, 0.717) is 19.3 Å². The Hall–Kier alpha value is -3.35. The van der Waals surface area contributed by atoms with Gasteiger partial charge in [0.25, 0.3) is 0 Å². The molecule has 0 unspecified atom stereocenters. The van der Waals surface area contributed by atoms with Crippen molar-refractivity contribution in [2.45, 2.75) is 76.8 Å². The number of benzene rings is 2. The number of ether oxygens (including phenoxy) is 1. The van der Waals surface area contributed by atoms with Crippen molar-refractivity contribution in [3.05, 3.63) is 59.7 Å². The molecule has 0 saturated carbocycles. The topological polar surface area (TPSA) is 105 Å². The van der Waals surface area contributed by atoms with E-state index in [1.165, 1.54) is 0 Å². The molecule has 188 valence electrons. The van der Waals surface area contributed by atoms with Crippen LogP contribution in [0.3, 0.4) is 0 Å². The molecule has 0 radical (unpaired) electrons. The zero-order chi connectivity index (χ0) is 25.2. The highest BCUT2D eigenvalue weighted by Gasteiger charge is 2.29. The number of carbonyl (C=O) groups excluding carboxylic acids is 2. The van der Waals surface area contributed by atoms with Crippen LogP contribution < -0.4 is 10.6 Å². The molecule has 0 spiro atoms. The van der Waals surface area contributed by atoms with E-state index in [2.05, 4.69) is 34.9 Å². The molecular formula is C28H36N2O5. The zero-order valence-electron chi connectivity index (χ0n) is 20.6. The number of carboxylic acids is 1. The second-order valence-corrected chi connectivity index (χ2v) is 9.11. The van der Waals surface area contributed by atoms with Gasteiger partial charge in [-0.3, -0.25) is 4.79 Å². The van der Waals surface area contributed by atoms with Crippen molar-refractivity contribution in [3.8, 4) is 11.1 Å². The van der Waals surface area contributed by atoms with E-state index in [-0.39, 0.29) is 24.9 Å². The number of carbonyl (C=O) groups is 3. The molecular weight excluding hydrogens is 444 g/mol. The molecule has 1 aliphatic carbocycles. The fraction of sp³-hybridized carbons (Fsp3) is 0.464. The van der Waals surface area contributed by atoms with Crippen molar-refractivity contribution in [1.82, 2.24) is 10.6 Å². The Balaban J connectivity index is 1.59. The van der Waals surface area contributed by atoms with Crippen molar-refractivity contribution in [3.63, 3.8) is 0 Å². The Morgan fingerprint density at radius 1 is 0.886 bits per heavy atom. The number of alkyl carbamates (subject to hydrolysis) is 1. The Bertz CT molecular complexity index is 976. The molecule has 0 saturated heterocycles. The Labute approximate surface area is 207 Å². The first-order valence-electron chi connectivity index (χ1n) is 12.6. The predicted octanol–water partition coefficient (Wildman–Crippen LogP) is 5.23. The first-order valence-corrected chi connectivity index (χ1v) is 12.6. The lowest BCUT2D eigenvalue weighted by molar-refractivity contribution is -0.142. The Morgan fingerprint density at radius 3 is 2.03 bits per heavy atom. The summed E-state index contributed by atoms with van der Waals surface area (Å²) in [5, 5.41) is 14.8. The van der Waals surface area contributed by atoms with Crippen LogP contribution in [0.25, 0.3) is 11.1 Å². The van der Waals surface area contributed by atoms with Gasteiger partial charge in [-0.1, -0.05) is 88.1 Å². The van der Waals surface area contributed by atoms with Crippen molar-refractivity contribution in [2.24, 2.45) is 0 Å². The molecule has 0 aliphatic heterocycles. The maximum Gasteiger partial charge on any atom is 0.407 e. The average Bonchev–Trinajstić information content (AvgIpc) is 3.17. The molecule has 2 aromatic rings. The van der Waals surface area contributed by atoms with Gasteiger partial charge in [-0.25, -0.2) is 9.59 Å². The summed E-state index contributed by atoms with van der Waals surface area (Å²) in [6, 6.07) is 14.9. The van der Waals surface area contributed by atoms with E-state index in [1.807, 2.05) is 38.1 Å². The monoisotopic (exact) mass is 480 g/mol. The SMILES string of the molecule is CCCC[C@@H](CC(=O)N[C@@H](CCCC)C(=O)O)NC(=O)OCC1c2ccccc2-c2ccccc21. The van der Waals surface area contributed by atoms with Crippen molar-refractivity contribution in [2.75, 3.05) is 6.61 Å². The van der Waals surface area contributed by atoms with E-state index in [9.17, 15) is 19.5 Å². The molecule has 1 aliphatic rings. The molecule has 0 fully saturated rings. The van der Waals surface area contributed by atoms with Gasteiger partial charge in [-0.2, -0.15) is 0 Å². The maximum atomic E-state index is 12.7. The highest BCUT2D eigenvalue weighted by Crippen LogP contribution is 2.44. The van der Waals surface area contributed by atoms with Crippen LogP contribution in [-0.4, -0.2) is 41.8 Å². The van der Waals surface area contributed by atoms with Crippen LogP contribution >= 0.6 is 0 Å². The minimum atomic E-state index is -1.04. The van der Waals surface area contributed by atoms with Crippen LogP contribution in [0.2, 0.25) is 0 Å². The van der Waals surface area contributed by atoms with Crippen LogP contribution in [0.5, 0.6) is 0 Å². The lowest BCUT2D eigenvalue weighted by Crippen LogP contribution is -2.45. The number of amides is 2. The van der Waals surface area contributed by atoms with Crippen LogP contribution in [0.15, 0.2) is 48.5 Å². The van der Waals surface area contributed by atoms with Crippen LogP contribution in [0.1, 0.15) is 75.8 Å². The van der Waals surface area contributed by atoms with E-state index >= 15 is 0 Å². The van der Waals surface area contributed by atoms with Gasteiger partial charge < -0.3 is 20.5 Å². The highest BCUT2D eigenvalue weighted by atomic mass is 16.5. The summed E-state index contributed by atoms with van der Waals surface area (Å²) >= 11 is 0. The van der Waals surface area contributed by atoms with Gasteiger partial charge in [0.1, 0.15) is 12.6 Å². The summed E-state index contributed by atoms with van der Waals surface area (Å²) < 4.78 is 5.63. The molecule has 2 atom stereocenters. The second-order valence-electron chi connectivity index (χ2n) is 9.11. The molecule has 0 aromatic heterocycles. The molecule has 2 amide bonds. The summed E-state index contributed by atoms with van der Waals surface area (Å²) in [5.41, 5.74) is 4.58. The van der Waals surface area contributed by atoms with E-state index in [4.69, 9.17) is 4.74 Å². The van der Waals surface area contributed by atoms with Gasteiger partial charge in [0, 0.05) is 18.4 Å². The van der Waals surface area contributed by atoms with Crippen molar-refractivity contribution >= 4 is 18.0 Å². The van der Waals surface area contributed by atoms with Gasteiger partial charge in [0.2, 0.25) is 5.91 Å². The van der Waals surface area contributed by atoms with Gasteiger partial charge in [-0.15, -0.1) is 0 Å². The standard InChI is InChI=1S/C28H36N2O5/c1-3-5-11-19(17-26(31)30-25(27(32)33)16-6-4-2)29-28(34)35-18-24-22-14-9-7-12-20(22)21-13-8-10-15-23(21)24/h7-10,12-15,19,24-25H,3-6,11,16-18H2,1-2H3,(H,29,34)(H,30,31)(H,32,33)/t19-,25-/m0/s1. The summed E-state index contributed by atoms with van der Waals surface area (Å²) in [6.07, 6.45) is 3.76. The number of hydrogen-bond donors (Lipinski definition) is 3. The van der Waals surface area contributed by atoms with E-state index < -0.39 is 24.1 Å². The van der Waals surface area contributed by atoms with E-state index in [0.717, 1.165) is 41.5 Å². The lowest BCUT2D eigenvalue weighted by Gasteiger charge is -2.21. The normalized spacial score (nSPS) is 13.9.